The van der Waals surface area contributed by atoms with E-state index in [1.165, 1.54) is 6.26 Å². The summed E-state index contributed by atoms with van der Waals surface area (Å²) in [7, 11) is 0. The van der Waals surface area contributed by atoms with Crippen molar-refractivity contribution in [3.05, 3.63) is 11.8 Å². The first kappa shape index (κ1) is 7.54. The van der Waals surface area contributed by atoms with Crippen molar-refractivity contribution in [3.63, 3.8) is 0 Å². The van der Waals surface area contributed by atoms with E-state index < -0.39 is 0 Å². The number of aliphatic hydroxyl groups is 1. The Hall–Kier alpha value is -0.460. The molecule has 0 amide bonds. The highest BCUT2D eigenvalue weighted by Gasteiger charge is 1.93. The van der Waals surface area contributed by atoms with Gasteiger partial charge in [-0.2, -0.15) is 0 Å². The second-order valence-electron chi connectivity index (χ2n) is 2.57. The van der Waals surface area contributed by atoms with E-state index in [-0.39, 0.29) is 0 Å². The van der Waals surface area contributed by atoms with E-state index in [0.29, 0.717) is 5.92 Å². The molecule has 0 saturated heterocycles. The lowest BCUT2D eigenvalue weighted by atomic mass is 10.1. The predicted molar refractivity (Wildman–Crippen MR) is 35.8 cm³/mol. The van der Waals surface area contributed by atoms with Gasteiger partial charge in [0, 0.05) is 0 Å². The second kappa shape index (κ2) is 3.53. The minimum absolute atomic E-state index is 0.651. The van der Waals surface area contributed by atoms with Gasteiger partial charge < -0.3 is 5.11 Å². The van der Waals surface area contributed by atoms with Gasteiger partial charge in [0.15, 0.2) is 0 Å². The Morgan fingerprint density at radius 3 is 2.25 bits per heavy atom. The molecule has 0 aliphatic heterocycles. The smallest absolute Gasteiger partial charge is 0.0780 e. The van der Waals surface area contributed by atoms with E-state index in [2.05, 4.69) is 13.8 Å². The van der Waals surface area contributed by atoms with Crippen molar-refractivity contribution in [2.24, 2.45) is 5.92 Å². The highest BCUT2D eigenvalue weighted by molar-refractivity contribution is 4.92. The molecule has 0 heterocycles. The average Bonchev–Trinajstić information content (AvgIpc) is 1.65. The number of rotatable bonds is 2. The van der Waals surface area contributed by atoms with E-state index in [4.69, 9.17) is 5.11 Å². The maximum atomic E-state index is 8.42. The van der Waals surface area contributed by atoms with Gasteiger partial charge in [-0.15, -0.1) is 0 Å². The molecule has 0 saturated carbocycles. The third-order valence-electron chi connectivity index (χ3n) is 0.951. The van der Waals surface area contributed by atoms with Crippen LogP contribution in [-0.2, 0) is 0 Å². The van der Waals surface area contributed by atoms with E-state index in [0.717, 1.165) is 12.0 Å². The van der Waals surface area contributed by atoms with Gasteiger partial charge in [0.25, 0.3) is 0 Å². The number of hydrogen-bond donors (Lipinski definition) is 1. The zero-order chi connectivity index (χ0) is 6.57. The molecule has 0 radical (unpaired) electrons. The highest BCUT2D eigenvalue weighted by atomic mass is 16.2. The van der Waals surface area contributed by atoms with Crippen molar-refractivity contribution < 1.29 is 5.11 Å². The number of hydrogen-bond acceptors (Lipinski definition) is 1. The molecule has 0 unspecified atom stereocenters. The summed E-state index contributed by atoms with van der Waals surface area (Å²) in [5.74, 6) is 0.651. The monoisotopic (exact) mass is 114 g/mol. The molecule has 0 spiro atoms. The molecule has 0 aromatic rings. The first-order valence-electron chi connectivity index (χ1n) is 2.96. The Morgan fingerprint density at radius 1 is 1.62 bits per heavy atom. The van der Waals surface area contributed by atoms with E-state index >= 15 is 0 Å². The van der Waals surface area contributed by atoms with Crippen molar-refractivity contribution in [2.45, 2.75) is 27.2 Å². The third kappa shape index (κ3) is 3.72. The highest BCUT2D eigenvalue weighted by Crippen LogP contribution is 2.07. The summed E-state index contributed by atoms with van der Waals surface area (Å²) in [4.78, 5) is 0. The Kier molecular flexibility index (Phi) is 3.33. The van der Waals surface area contributed by atoms with Crippen LogP contribution in [0.2, 0.25) is 0 Å². The number of allylic oxidation sites excluding steroid dienone is 1. The van der Waals surface area contributed by atoms with Gasteiger partial charge in [0.1, 0.15) is 0 Å². The first-order valence-corrected chi connectivity index (χ1v) is 2.96. The van der Waals surface area contributed by atoms with Crippen molar-refractivity contribution in [2.75, 3.05) is 0 Å². The maximum absolute atomic E-state index is 8.42. The molecule has 1 heteroatoms. The molecule has 0 aromatic heterocycles. The van der Waals surface area contributed by atoms with Crippen LogP contribution in [0.15, 0.2) is 11.8 Å². The summed E-state index contributed by atoms with van der Waals surface area (Å²) >= 11 is 0. The lowest BCUT2D eigenvalue weighted by molar-refractivity contribution is 0.459. The minimum atomic E-state index is 0.651. The van der Waals surface area contributed by atoms with Crippen molar-refractivity contribution >= 4 is 0 Å². The standard InChI is InChI=1S/C7H14O/c1-6(2)4-7(3)5-8/h5-6,8H,4H2,1-3H3/b7-5+. The summed E-state index contributed by atoms with van der Waals surface area (Å²) in [6.07, 6.45) is 2.18. The van der Waals surface area contributed by atoms with Gasteiger partial charge in [-0.25, -0.2) is 0 Å². The second-order valence-corrected chi connectivity index (χ2v) is 2.57. The van der Waals surface area contributed by atoms with E-state index in [1.54, 1.807) is 0 Å². The Labute approximate surface area is 51.0 Å². The average molecular weight is 114 g/mol. The molecule has 0 atom stereocenters. The van der Waals surface area contributed by atoms with Crippen LogP contribution in [0.3, 0.4) is 0 Å². The molecule has 0 rings (SSSR count). The Bertz CT molecular complexity index is 82.4. The minimum Gasteiger partial charge on any atom is -0.516 e. The third-order valence-corrected chi connectivity index (χ3v) is 0.951. The van der Waals surface area contributed by atoms with Crippen LogP contribution in [0.5, 0.6) is 0 Å². The summed E-state index contributed by atoms with van der Waals surface area (Å²) in [6, 6.07) is 0. The van der Waals surface area contributed by atoms with Crippen LogP contribution in [0.1, 0.15) is 27.2 Å². The summed E-state index contributed by atoms with van der Waals surface area (Å²) < 4.78 is 0. The van der Waals surface area contributed by atoms with Crippen LogP contribution < -0.4 is 0 Å². The fourth-order valence-electron chi connectivity index (χ4n) is 0.697. The van der Waals surface area contributed by atoms with E-state index in [9.17, 15) is 0 Å². The summed E-state index contributed by atoms with van der Waals surface area (Å²) in [5, 5.41) is 8.42. The van der Waals surface area contributed by atoms with Crippen LogP contribution in [0.25, 0.3) is 0 Å². The molecule has 0 fully saturated rings. The van der Waals surface area contributed by atoms with Gasteiger partial charge in [0.2, 0.25) is 0 Å². The molecule has 0 bridgehead atoms. The van der Waals surface area contributed by atoms with E-state index in [1.807, 2.05) is 6.92 Å². The van der Waals surface area contributed by atoms with Crippen LogP contribution in [-0.4, -0.2) is 5.11 Å². The van der Waals surface area contributed by atoms with Crippen LogP contribution in [0, 0.1) is 5.92 Å². The molecule has 0 aromatic carbocycles. The quantitative estimate of drug-likeness (QED) is 0.547. The lowest BCUT2D eigenvalue weighted by Crippen LogP contribution is -1.86. The zero-order valence-corrected chi connectivity index (χ0v) is 5.81. The fraction of sp³-hybridized carbons (Fsp3) is 0.714. The topological polar surface area (TPSA) is 20.2 Å². The maximum Gasteiger partial charge on any atom is 0.0780 e. The normalized spacial score (nSPS) is 12.8. The predicted octanol–water partition coefficient (Wildman–Crippen LogP) is 2.49. The van der Waals surface area contributed by atoms with Gasteiger partial charge in [-0.1, -0.05) is 13.8 Å². The molecule has 1 nitrogen and oxygen atoms in total. The molecular formula is C7H14O. The van der Waals surface area contributed by atoms with Gasteiger partial charge in [-0.05, 0) is 24.8 Å². The molecular weight excluding hydrogens is 100 g/mol. The van der Waals surface area contributed by atoms with Gasteiger partial charge in [0.05, 0.1) is 6.26 Å². The van der Waals surface area contributed by atoms with Gasteiger partial charge in [-0.3, -0.25) is 0 Å². The number of aliphatic hydroxyl groups excluding tert-OH is 1. The Morgan fingerprint density at radius 2 is 2.12 bits per heavy atom. The Balaban J connectivity index is 3.39. The first-order chi connectivity index (χ1) is 3.66. The molecule has 48 valence electrons. The van der Waals surface area contributed by atoms with Crippen LogP contribution in [0.4, 0.5) is 0 Å². The molecule has 0 aliphatic carbocycles. The van der Waals surface area contributed by atoms with Gasteiger partial charge >= 0.3 is 0 Å². The summed E-state index contributed by atoms with van der Waals surface area (Å²) in [6.45, 7) is 6.19. The fourth-order valence-corrected chi connectivity index (χ4v) is 0.697. The molecule has 1 N–H and O–H groups in total. The summed E-state index contributed by atoms with van der Waals surface area (Å²) in [5.41, 5.74) is 1.06. The zero-order valence-electron chi connectivity index (χ0n) is 5.81. The van der Waals surface area contributed by atoms with Crippen LogP contribution >= 0.6 is 0 Å². The lowest BCUT2D eigenvalue weighted by Gasteiger charge is -2.00. The van der Waals surface area contributed by atoms with Crippen molar-refractivity contribution in [1.82, 2.24) is 0 Å². The largest absolute Gasteiger partial charge is 0.516 e. The molecule has 8 heavy (non-hydrogen) atoms. The molecule has 0 aliphatic rings. The van der Waals surface area contributed by atoms with Crippen molar-refractivity contribution in [1.29, 1.82) is 0 Å². The SMILES string of the molecule is C/C(=C\O)CC(C)C. The van der Waals surface area contributed by atoms with Crippen molar-refractivity contribution in [3.8, 4) is 0 Å².